The molecule has 2 fully saturated rings. The van der Waals surface area contributed by atoms with E-state index in [1.54, 1.807) is 0 Å². The molecule has 2 aliphatic rings. The van der Waals surface area contributed by atoms with Crippen molar-refractivity contribution >= 4 is 6.03 Å². The van der Waals surface area contributed by atoms with Gasteiger partial charge in [-0.15, -0.1) is 0 Å². The highest BCUT2D eigenvalue weighted by Crippen LogP contribution is 2.35. The summed E-state index contributed by atoms with van der Waals surface area (Å²) < 4.78 is 17.1. The zero-order chi connectivity index (χ0) is 17.3. The van der Waals surface area contributed by atoms with Crippen molar-refractivity contribution in [1.29, 1.82) is 0 Å². The number of carbonyl (C=O) groups excluding carboxylic acids is 1. The lowest BCUT2D eigenvalue weighted by Crippen LogP contribution is -2.49. The molecule has 1 atom stereocenters. The number of nitrogens with zero attached hydrogens (tertiary/aromatic N) is 1. The molecule has 0 aliphatic carbocycles. The number of nitrogens with one attached hydrogen (secondary N) is 1. The van der Waals surface area contributed by atoms with Crippen molar-refractivity contribution in [2.75, 3.05) is 26.3 Å². The molecule has 2 amide bonds. The van der Waals surface area contributed by atoms with E-state index in [0.717, 1.165) is 43.0 Å². The fourth-order valence-electron chi connectivity index (χ4n) is 3.81. The van der Waals surface area contributed by atoms with Crippen molar-refractivity contribution in [2.24, 2.45) is 5.92 Å². The lowest BCUT2D eigenvalue weighted by molar-refractivity contribution is -0.189. The first-order chi connectivity index (χ1) is 11.4. The van der Waals surface area contributed by atoms with Gasteiger partial charge < -0.3 is 24.1 Å². The molecule has 0 spiro atoms. The van der Waals surface area contributed by atoms with Crippen molar-refractivity contribution < 1.29 is 18.7 Å². The van der Waals surface area contributed by atoms with Gasteiger partial charge in [-0.2, -0.15) is 0 Å². The van der Waals surface area contributed by atoms with Crippen LogP contribution in [0, 0.1) is 19.8 Å². The number of hydrogen-bond donors (Lipinski definition) is 1. The molecule has 24 heavy (non-hydrogen) atoms. The van der Waals surface area contributed by atoms with Crippen molar-refractivity contribution in [2.45, 2.75) is 52.4 Å². The lowest BCUT2D eigenvalue weighted by Gasteiger charge is -2.39. The van der Waals surface area contributed by atoms with Crippen LogP contribution < -0.4 is 5.32 Å². The second kappa shape index (κ2) is 6.76. The normalized spacial score (nSPS) is 22.6. The van der Waals surface area contributed by atoms with Crippen LogP contribution in [0.5, 0.6) is 0 Å². The quantitative estimate of drug-likeness (QED) is 0.921. The van der Waals surface area contributed by atoms with Crippen LogP contribution in [0.3, 0.4) is 0 Å². The number of aryl methyl sites for hydroxylation is 2. The Hall–Kier alpha value is -1.53. The molecule has 1 aromatic rings. The largest absolute Gasteiger partial charge is 0.466 e. The lowest BCUT2D eigenvalue weighted by atomic mass is 9.89. The average Bonchev–Trinajstić information content (AvgIpc) is 3.14. The van der Waals surface area contributed by atoms with Crippen molar-refractivity contribution in [1.82, 2.24) is 10.2 Å². The minimum absolute atomic E-state index is 0.0161. The molecule has 3 rings (SSSR count). The molecular weight excluding hydrogens is 308 g/mol. The summed E-state index contributed by atoms with van der Waals surface area (Å²) in [5.41, 5.74) is 1.04. The molecule has 0 radical (unpaired) electrons. The van der Waals surface area contributed by atoms with E-state index >= 15 is 0 Å². The minimum atomic E-state index is -0.471. The van der Waals surface area contributed by atoms with Crippen LogP contribution in [0.2, 0.25) is 0 Å². The SMILES string of the molecule is Cc1cc([C@@H](C)NC(=O)N2CCC(C3(C)OCCO3)CC2)c(C)o1. The molecule has 2 aliphatic heterocycles. The van der Waals surface area contributed by atoms with Crippen LogP contribution in [0.1, 0.15) is 49.8 Å². The van der Waals surface area contributed by atoms with Gasteiger partial charge in [-0.3, -0.25) is 0 Å². The first-order valence-electron chi connectivity index (χ1n) is 8.79. The van der Waals surface area contributed by atoms with E-state index in [1.165, 1.54) is 0 Å². The Balaban J connectivity index is 1.52. The number of carbonyl (C=O) groups is 1. The second-order valence-corrected chi connectivity index (χ2v) is 7.01. The van der Waals surface area contributed by atoms with E-state index in [0.29, 0.717) is 19.1 Å². The Kier molecular flexibility index (Phi) is 4.88. The number of likely N-dealkylation sites (tertiary alicyclic amines) is 1. The average molecular weight is 336 g/mol. The molecule has 1 aromatic heterocycles. The number of amides is 2. The molecule has 0 aromatic carbocycles. The summed E-state index contributed by atoms with van der Waals surface area (Å²) in [7, 11) is 0. The van der Waals surface area contributed by atoms with Crippen LogP contribution in [-0.4, -0.2) is 43.0 Å². The van der Waals surface area contributed by atoms with Gasteiger partial charge in [0.25, 0.3) is 0 Å². The number of piperidine rings is 1. The monoisotopic (exact) mass is 336 g/mol. The van der Waals surface area contributed by atoms with Gasteiger partial charge in [-0.25, -0.2) is 4.79 Å². The molecule has 0 bridgehead atoms. The van der Waals surface area contributed by atoms with E-state index in [2.05, 4.69) is 5.32 Å². The summed E-state index contributed by atoms with van der Waals surface area (Å²) in [5, 5.41) is 3.08. The minimum Gasteiger partial charge on any atom is -0.466 e. The highest BCUT2D eigenvalue weighted by atomic mass is 16.7. The highest BCUT2D eigenvalue weighted by molar-refractivity contribution is 5.74. The molecule has 6 heteroatoms. The predicted octanol–water partition coefficient (Wildman–Crippen LogP) is 3.14. The van der Waals surface area contributed by atoms with E-state index in [1.807, 2.05) is 38.7 Å². The molecule has 0 saturated carbocycles. The number of ether oxygens (including phenoxy) is 2. The van der Waals surface area contributed by atoms with Crippen molar-refractivity contribution in [3.8, 4) is 0 Å². The van der Waals surface area contributed by atoms with Crippen LogP contribution in [0.25, 0.3) is 0 Å². The Labute approximate surface area is 143 Å². The third-order valence-electron chi connectivity index (χ3n) is 5.27. The standard InChI is InChI=1S/C18H28N2O4/c1-12-11-16(14(3)24-12)13(2)19-17(21)20-7-5-15(6-8-20)18(4)22-9-10-23-18/h11,13,15H,5-10H2,1-4H3,(H,19,21)/t13-/m1/s1. The summed E-state index contributed by atoms with van der Waals surface area (Å²) >= 11 is 0. The summed E-state index contributed by atoms with van der Waals surface area (Å²) in [6.45, 7) is 10.7. The maximum absolute atomic E-state index is 12.5. The number of furan rings is 1. The number of rotatable bonds is 3. The fraction of sp³-hybridized carbons (Fsp3) is 0.722. The fourth-order valence-corrected chi connectivity index (χ4v) is 3.81. The van der Waals surface area contributed by atoms with Crippen molar-refractivity contribution in [3.05, 3.63) is 23.2 Å². The van der Waals surface area contributed by atoms with Crippen LogP contribution in [-0.2, 0) is 9.47 Å². The number of urea groups is 1. The van der Waals surface area contributed by atoms with E-state index in [-0.39, 0.29) is 12.1 Å². The second-order valence-electron chi connectivity index (χ2n) is 7.01. The first-order valence-corrected chi connectivity index (χ1v) is 8.79. The van der Waals surface area contributed by atoms with Gasteiger partial charge >= 0.3 is 6.03 Å². The van der Waals surface area contributed by atoms with E-state index in [4.69, 9.17) is 13.9 Å². The molecule has 1 N–H and O–H groups in total. The van der Waals surface area contributed by atoms with Crippen LogP contribution >= 0.6 is 0 Å². The maximum Gasteiger partial charge on any atom is 0.317 e. The van der Waals surface area contributed by atoms with Gasteiger partial charge in [-0.05, 0) is 46.6 Å². The molecule has 134 valence electrons. The summed E-state index contributed by atoms with van der Waals surface area (Å²) in [6, 6.07) is 1.91. The van der Waals surface area contributed by atoms with Gasteiger partial charge in [-0.1, -0.05) is 0 Å². The zero-order valence-electron chi connectivity index (χ0n) is 15.1. The summed E-state index contributed by atoms with van der Waals surface area (Å²) in [6.07, 6.45) is 1.81. The van der Waals surface area contributed by atoms with Crippen molar-refractivity contribution in [3.63, 3.8) is 0 Å². The molecule has 3 heterocycles. The van der Waals surface area contributed by atoms with Crippen LogP contribution in [0.15, 0.2) is 10.5 Å². The Morgan fingerprint density at radius 2 is 1.92 bits per heavy atom. The Morgan fingerprint density at radius 1 is 1.29 bits per heavy atom. The predicted molar refractivity (Wildman–Crippen MR) is 89.7 cm³/mol. The molecule has 2 saturated heterocycles. The summed E-state index contributed by atoms with van der Waals surface area (Å²) in [4.78, 5) is 14.4. The Morgan fingerprint density at radius 3 is 2.46 bits per heavy atom. The van der Waals surface area contributed by atoms with Gasteiger partial charge in [0.1, 0.15) is 11.5 Å². The maximum atomic E-state index is 12.5. The summed E-state index contributed by atoms with van der Waals surface area (Å²) in [5.74, 6) is 1.61. The first kappa shape index (κ1) is 17.3. The molecular formula is C18H28N2O4. The van der Waals surface area contributed by atoms with Gasteiger partial charge in [0.2, 0.25) is 0 Å². The van der Waals surface area contributed by atoms with Gasteiger partial charge in [0.05, 0.1) is 19.3 Å². The Bertz CT molecular complexity index is 584. The molecule has 0 unspecified atom stereocenters. The zero-order valence-corrected chi connectivity index (χ0v) is 15.1. The third kappa shape index (κ3) is 3.44. The molecule has 6 nitrogen and oxygen atoms in total. The van der Waals surface area contributed by atoms with Gasteiger partial charge in [0.15, 0.2) is 5.79 Å². The smallest absolute Gasteiger partial charge is 0.317 e. The topological polar surface area (TPSA) is 63.9 Å². The van der Waals surface area contributed by atoms with Gasteiger partial charge in [0, 0.05) is 24.6 Å². The van der Waals surface area contributed by atoms with Crippen LogP contribution in [0.4, 0.5) is 4.79 Å². The third-order valence-corrected chi connectivity index (χ3v) is 5.27. The van der Waals surface area contributed by atoms with E-state index < -0.39 is 5.79 Å². The van der Waals surface area contributed by atoms with E-state index in [9.17, 15) is 4.79 Å². The number of hydrogen-bond acceptors (Lipinski definition) is 4. The highest BCUT2D eigenvalue weighted by Gasteiger charge is 2.41.